The van der Waals surface area contributed by atoms with E-state index in [1.807, 2.05) is 0 Å². The average Bonchev–Trinajstić information content (AvgIpc) is 2.63. The van der Waals surface area contributed by atoms with Crippen molar-refractivity contribution in [3.63, 3.8) is 0 Å². The first-order valence-corrected chi connectivity index (χ1v) is 10.2. The zero-order chi connectivity index (χ0) is 18.7. The molecule has 0 saturated carbocycles. The predicted molar refractivity (Wildman–Crippen MR) is 109 cm³/mol. The molecule has 1 N–H and O–H groups in total. The highest BCUT2D eigenvalue weighted by Gasteiger charge is 2.34. The lowest BCUT2D eigenvalue weighted by molar-refractivity contribution is 0.106. The molecule has 6 heteroatoms. The monoisotopic (exact) mass is 424 g/mol. The molecule has 0 bridgehead atoms. The summed E-state index contributed by atoms with van der Waals surface area (Å²) in [5.74, 6) is -0.0556. The van der Waals surface area contributed by atoms with Gasteiger partial charge in [0.05, 0.1) is 26.5 Å². The fourth-order valence-corrected chi connectivity index (χ4v) is 4.71. The lowest BCUT2D eigenvalue weighted by Gasteiger charge is -2.29. The minimum absolute atomic E-state index is 0.0556. The van der Waals surface area contributed by atoms with Crippen LogP contribution < -0.4 is 0 Å². The van der Waals surface area contributed by atoms with E-state index in [4.69, 9.17) is 34.8 Å². The van der Waals surface area contributed by atoms with Crippen LogP contribution in [0.25, 0.3) is 0 Å². The second kappa shape index (κ2) is 8.12. The third-order valence-corrected chi connectivity index (χ3v) is 6.54. The molecule has 0 heterocycles. The average molecular weight is 426 g/mol. The van der Waals surface area contributed by atoms with Crippen LogP contribution in [-0.4, -0.2) is 15.1 Å². The van der Waals surface area contributed by atoms with E-state index in [9.17, 15) is 9.32 Å². The Bertz CT molecular complexity index is 879. The Kier molecular flexibility index (Phi) is 6.06. The van der Waals surface area contributed by atoms with Crippen LogP contribution in [-0.2, 0) is 16.4 Å². The summed E-state index contributed by atoms with van der Waals surface area (Å²) in [6.45, 7) is 0. The molecular weight excluding hydrogens is 411 g/mol. The van der Waals surface area contributed by atoms with Gasteiger partial charge < -0.3 is 5.11 Å². The molecule has 0 aromatic heterocycles. The van der Waals surface area contributed by atoms with Crippen LogP contribution in [0.15, 0.2) is 77.7 Å². The van der Waals surface area contributed by atoms with Gasteiger partial charge in [0.2, 0.25) is 0 Å². The summed E-state index contributed by atoms with van der Waals surface area (Å²) in [6, 6.07) is 20.6. The molecule has 0 aliphatic heterocycles. The van der Waals surface area contributed by atoms with E-state index >= 15 is 0 Å². The minimum atomic E-state index is -1.52. The molecule has 0 spiro atoms. The van der Waals surface area contributed by atoms with E-state index in [2.05, 4.69) is 0 Å². The summed E-state index contributed by atoms with van der Waals surface area (Å²) in [5, 5.41) is 13.0. The predicted octanol–water partition coefficient (Wildman–Crippen LogP) is 5.69. The fraction of sp³-hybridized carbons (Fsp3) is 0.100. The lowest BCUT2D eigenvalue weighted by atomic mass is 9.88. The third-order valence-electron chi connectivity index (χ3n) is 4.07. The standard InChI is InChI=1S/C20H15Cl3O2S/c21-16-9-5-14(6-10-16)20(24,15-7-11-17(22)12-8-15)13-26(25)19-4-2-1-3-18(19)23/h1-12,24H,13H2. The van der Waals surface area contributed by atoms with Crippen LogP contribution in [0.4, 0.5) is 0 Å². The number of hydrogen-bond donors (Lipinski definition) is 1. The van der Waals surface area contributed by atoms with Crippen molar-refractivity contribution >= 4 is 45.6 Å². The van der Waals surface area contributed by atoms with Crippen LogP contribution >= 0.6 is 34.8 Å². The Morgan fingerprint density at radius 2 is 1.23 bits per heavy atom. The van der Waals surface area contributed by atoms with Gasteiger partial charge >= 0.3 is 0 Å². The second-order valence-electron chi connectivity index (χ2n) is 5.79. The fourth-order valence-electron chi connectivity index (χ4n) is 2.68. The van der Waals surface area contributed by atoms with Crippen LogP contribution in [0, 0.1) is 0 Å². The van der Waals surface area contributed by atoms with Crippen molar-refractivity contribution in [2.24, 2.45) is 0 Å². The Balaban J connectivity index is 2.06. The Morgan fingerprint density at radius 3 is 1.69 bits per heavy atom. The SMILES string of the molecule is O=S(CC(O)(c1ccc(Cl)cc1)c1ccc(Cl)cc1)c1ccccc1Cl. The van der Waals surface area contributed by atoms with E-state index in [-0.39, 0.29) is 5.75 Å². The normalized spacial score (nSPS) is 12.8. The first-order chi connectivity index (χ1) is 12.4. The molecule has 2 nitrogen and oxygen atoms in total. The summed E-state index contributed by atoms with van der Waals surface area (Å²) < 4.78 is 13.0. The van der Waals surface area contributed by atoms with Gasteiger partial charge in [0.25, 0.3) is 0 Å². The van der Waals surface area contributed by atoms with Gasteiger partial charge in [-0.3, -0.25) is 4.21 Å². The maximum atomic E-state index is 13.0. The van der Waals surface area contributed by atoms with Crippen LogP contribution in [0.5, 0.6) is 0 Å². The van der Waals surface area contributed by atoms with E-state index in [0.717, 1.165) is 0 Å². The van der Waals surface area contributed by atoms with Gasteiger partial charge in [0, 0.05) is 10.0 Å². The molecule has 1 atom stereocenters. The van der Waals surface area contributed by atoms with Crippen molar-refractivity contribution in [3.8, 4) is 0 Å². The molecule has 134 valence electrons. The van der Waals surface area contributed by atoms with E-state index in [0.29, 0.717) is 31.1 Å². The number of hydrogen-bond acceptors (Lipinski definition) is 2. The highest BCUT2D eigenvalue weighted by atomic mass is 35.5. The lowest BCUT2D eigenvalue weighted by Crippen LogP contribution is -2.34. The molecular formula is C20H15Cl3O2S. The molecule has 0 fully saturated rings. The molecule has 26 heavy (non-hydrogen) atoms. The van der Waals surface area contributed by atoms with Crippen molar-refractivity contribution in [1.29, 1.82) is 0 Å². The Labute approximate surface area is 169 Å². The summed E-state index contributed by atoms with van der Waals surface area (Å²) in [7, 11) is -1.52. The van der Waals surface area contributed by atoms with Gasteiger partial charge in [-0.05, 0) is 47.5 Å². The number of aliphatic hydroxyl groups is 1. The first-order valence-electron chi connectivity index (χ1n) is 7.77. The van der Waals surface area contributed by atoms with Gasteiger partial charge in [-0.15, -0.1) is 0 Å². The quantitative estimate of drug-likeness (QED) is 0.570. The zero-order valence-corrected chi connectivity index (χ0v) is 16.6. The molecule has 0 aliphatic rings. The molecule has 0 aliphatic carbocycles. The molecule has 3 aromatic rings. The summed E-state index contributed by atoms with van der Waals surface area (Å²) in [5.41, 5.74) is -0.312. The van der Waals surface area contributed by atoms with Crippen LogP contribution in [0.1, 0.15) is 11.1 Å². The third kappa shape index (κ3) is 4.13. The molecule has 3 aromatic carbocycles. The van der Waals surface area contributed by atoms with Gasteiger partial charge in [0.1, 0.15) is 5.60 Å². The van der Waals surface area contributed by atoms with E-state index < -0.39 is 16.4 Å². The molecule has 3 rings (SSSR count). The second-order valence-corrected chi connectivity index (χ2v) is 8.49. The number of halogens is 3. The zero-order valence-electron chi connectivity index (χ0n) is 13.5. The smallest absolute Gasteiger partial charge is 0.126 e. The largest absolute Gasteiger partial charge is 0.379 e. The van der Waals surface area contributed by atoms with Crippen molar-refractivity contribution in [1.82, 2.24) is 0 Å². The highest BCUT2D eigenvalue weighted by molar-refractivity contribution is 7.85. The van der Waals surface area contributed by atoms with Gasteiger partial charge in [-0.2, -0.15) is 0 Å². The molecule has 0 radical (unpaired) electrons. The van der Waals surface area contributed by atoms with Crippen LogP contribution in [0.2, 0.25) is 15.1 Å². The maximum absolute atomic E-state index is 13.0. The first kappa shape index (κ1) is 19.4. The van der Waals surface area contributed by atoms with E-state index in [1.54, 1.807) is 72.8 Å². The maximum Gasteiger partial charge on any atom is 0.126 e. The van der Waals surface area contributed by atoms with Gasteiger partial charge in [-0.25, -0.2) is 0 Å². The minimum Gasteiger partial charge on any atom is -0.379 e. The molecule has 0 amide bonds. The van der Waals surface area contributed by atoms with Crippen molar-refractivity contribution < 1.29 is 9.32 Å². The molecule has 1 unspecified atom stereocenters. The van der Waals surface area contributed by atoms with E-state index in [1.165, 1.54) is 0 Å². The molecule has 0 saturated heterocycles. The van der Waals surface area contributed by atoms with Crippen molar-refractivity contribution in [3.05, 3.63) is 99.0 Å². The van der Waals surface area contributed by atoms with Gasteiger partial charge in [-0.1, -0.05) is 71.2 Å². The summed E-state index contributed by atoms with van der Waals surface area (Å²) in [4.78, 5) is 0.482. The van der Waals surface area contributed by atoms with Crippen molar-refractivity contribution in [2.75, 3.05) is 5.75 Å². The highest BCUT2D eigenvalue weighted by Crippen LogP contribution is 2.34. The van der Waals surface area contributed by atoms with Crippen molar-refractivity contribution in [2.45, 2.75) is 10.5 Å². The number of rotatable bonds is 5. The van der Waals surface area contributed by atoms with Crippen LogP contribution in [0.3, 0.4) is 0 Å². The topological polar surface area (TPSA) is 37.3 Å². The van der Waals surface area contributed by atoms with Gasteiger partial charge in [0.15, 0.2) is 0 Å². The Morgan fingerprint density at radius 1 is 0.769 bits per heavy atom. The summed E-state index contributed by atoms with van der Waals surface area (Å²) in [6.07, 6.45) is 0. The summed E-state index contributed by atoms with van der Waals surface area (Å²) >= 11 is 18.1. The Hall–Kier alpha value is -1.36. The number of benzene rings is 3.